The van der Waals surface area contributed by atoms with Gasteiger partial charge in [0, 0.05) is 17.0 Å². The fourth-order valence-corrected chi connectivity index (χ4v) is 3.39. The van der Waals surface area contributed by atoms with Crippen molar-refractivity contribution in [2.45, 2.75) is 25.8 Å². The van der Waals surface area contributed by atoms with Crippen LogP contribution in [-0.2, 0) is 6.42 Å². The second kappa shape index (κ2) is 8.74. The number of anilines is 1. The van der Waals surface area contributed by atoms with Crippen LogP contribution in [-0.4, -0.2) is 23.1 Å². The number of hydrogen-bond donors (Lipinski definition) is 1. The van der Waals surface area contributed by atoms with Gasteiger partial charge in [-0.2, -0.15) is 0 Å². The summed E-state index contributed by atoms with van der Waals surface area (Å²) >= 11 is 0. The minimum atomic E-state index is 0.289. The van der Waals surface area contributed by atoms with E-state index in [2.05, 4.69) is 48.6 Å². The summed E-state index contributed by atoms with van der Waals surface area (Å²) < 4.78 is 5.26. The van der Waals surface area contributed by atoms with E-state index < -0.39 is 0 Å². The number of benzene rings is 3. The number of ether oxygens (including phenoxy) is 1. The van der Waals surface area contributed by atoms with Crippen molar-refractivity contribution in [2.75, 3.05) is 12.4 Å². The van der Waals surface area contributed by atoms with Crippen molar-refractivity contribution in [3.05, 3.63) is 84.4 Å². The van der Waals surface area contributed by atoms with Crippen molar-refractivity contribution in [2.24, 2.45) is 0 Å². The van der Waals surface area contributed by atoms with Gasteiger partial charge in [-0.1, -0.05) is 42.5 Å². The third-order valence-electron chi connectivity index (χ3n) is 5.04. The van der Waals surface area contributed by atoms with Crippen molar-refractivity contribution >= 4 is 16.7 Å². The summed E-state index contributed by atoms with van der Waals surface area (Å²) in [5.41, 5.74) is 3.26. The topological polar surface area (TPSA) is 47.0 Å². The van der Waals surface area contributed by atoms with Crippen LogP contribution >= 0.6 is 0 Å². The zero-order valence-electron chi connectivity index (χ0n) is 16.8. The van der Waals surface area contributed by atoms with Gasteiger partial charge in [0.05, 0.1) is 12.6 Å². The van der Waals surface area contributed by atoms with Crippen molar-refractivity contribution in [3.8, 4) is 17.1 Å². The summed E-state index contributed by atoms with van der Waals surface area (Å²) in [6.45, 7) is 2.20. The molecule has 29 heavy (non-hydrogen) atoms. The van der Waals surface area contributed by atoms with Crippen LogP contribution in [0.25, 0.3) is 22.3 Å². The van der Waals surface area contributed by atoms with Crippen LogP contribution in [0, 0.1) is 0 Å². The number of para-hydroxylation sites is 1. The fourth-order valence-electron chi connectivity index (χ4n) is 3.39. The molecular weight excluding hydrogens is 358 g/mol. The molecule has 0 saturated carbocycles. The van der Waals surface area contributed by atoms with Gasteiger partial charge in [0.1, 0.15) is 11.6 Å². The Morgan fingerprint density at radius 2 is 1.59 bits per heavy atom. The number of nitrogens with zero attached hydrogens (tertiary/aromatic N) is 2. The van der Waals surface area contributed by atoms with Gasteiger partial charge in [0.2, 0.25) is 0 Å². The average molecular weight is 383 g/mol. The summed E-state index contributed by atoms with van der Waals surface area (Å²) in [6, 6.07) is 26.9. The van der Waals surface area contributed by atoms with E-state index in [1.807, 2.05) is 42.5 Å². The Balaban J connectivity index is 1.60. The van der Waals surface area contributed by atoms with E-state index in [4.69, 9.17) is 14.7 Å². The maximum atomic E-state index is 5.26. The molecule has 3 aromatic carbocycles. The molecule has 0 radical (unpaired) electrons. The molecule has 1 N–H and O–H groups in total. The summed E-state index contributed by atoms with van der Waals surface area (Å²) in [7, 11) is 1.67. The molecule has 1 atom stereocenters. The molecule has 0 aliphatic carbocycles. The summed E-state index contributed by atoms with van der Waals surface area (Å²) in [5.74, 6) is 2.41. The van der Waals surface area contributed by atoms with Gasteiger partial charge < -0.3 is 10.1 Å². The fraction of sp³-hybridized carbons (Fsp3) is 0.200. The number of fused-ring (bicyclic) bond motifs is 1. The van der Waals surface area contributed by atoms with Crippen molar-refractivity contribution < 1.29 is 4.74 Å². The normalized spacial score (nSPS) is 11.9. The van der Waals surface area contributed by atoms with E-state index in [-0.39, 0.29) is 6.04 Å². The van der Waals surface area contributed by atoms with E-state index in [1.165, 1.54) is 5.56 Å². The number of aromatic nitrogens is 2. The van der Waals surface area contributed by atoms with Crippen LogP contribution in [0.5, 0.6) is 5.75 Å². The number of nitrogens with one attached hydrogen (secondary N) is 1. The molecule has 1 heterocycles. The van der Waals surface area contributed by atoms with E-state index in [0.717, 1.165) is 40.9 Å². The van der Waals surface area contributed by atoms with Crippen molar-refractivity contribution in [1.82, 2.24) is 9.97 Å². The minimum Gasteiger partial charge on any atom is -0.497 e. The monoisotopic (exact) mass is 383 g/mol. The predicted molar refractivity (Wildman–Crippen MR) is 119 cm³/mol. The highest BCUT2D eigenvalue weighted by Gasteiger charge is 2.12. The first kappa shape index (κ1) is 18.9. The molecule has 0 amide bonds. The summed E-state index contributed by atoms with van der Waals surface area (Å²) in [6.07, 6.45) is 2.06. The molecule has 4 heteroatoms. The van der Waals surface area contributed by atoms with Crippen LogP contribution in [0.1, 0.15) is 18.9 Å². The Morgan fingerprint density at radius 1 is 0.862 bits per heavy atom. The third kappa shape index (κ3) is 4.54. The molecule has 0 aliphatic heterocycles. The molecule has 0 saturated heterocycles. The maximum Gasteiger partial charge on any atom is 0.162 e. The lowest BCUT2D eigenvalue weighted by Gasteiger charge is -2.17. The molecule has 4 nitrogen and oxygen atoms in total. The lowest BCUT2D eigenvalue weighted by Crippen LogP contribution is -2.17. The van der Waals surface area contributed by atoms with E-state index in [9.17, 15) is 0 Å². The lowest BCUT2D eigenvalue weighted by molar-refractivity contribution is 0.415. The number of aryl methyl sites for hydroxylation is 1. The highest BCUT2D eigenvalue weighted by atomic mass is 16.5. The molecule has 4 aromatic rings. The second-order valence-electron chi connectivity index (χ2n) is 7.21. The minimum absolute atomic E-state index is 0.289. The van der Waals surface area contributed by atoms with Gasteiger partial charge in [-0.05, 0) is 61.7 Å². The van der Waals surface area contributed by atoms with Gasteiger partial charge in [0.25, 0.3) is 0 Å². The van der Waals surface area contributed by atoms with E-state index >= 15 is 0 Å². The summed E-state index contributed by atoms with van der Waals surface area (Å²) in [5, 5.41) is 4.65. The molecular formula is C25H25N3O. The number of rotatable bonds is 7. The first-order valence-electron chi connectivity index (χ1n) is 9.94. The van der Waals surface area contributed by atoms with Crippen LogP contribution in [0.15, 0.2) is 78.9 Å². The van der Waals surface area contributed by atoms with E-state index in [0.29, 0.717) is 5.82 Å². The van der Waals surface area contributed by atoms with Crippen LogP contribution in [0.4, 0.5) is 5.82 Å². The van der Waals surface area contributed by atoms with Gasteiger partial charge in [-0.25, -0.2) is 9.97 Å². The van der Waals surface area contributed by atoms with Crippen LogP contribution < -0.4 is 10.1 Å². The highest BCUT2D eigenvalue weighted by molar-refractivity contribution is 5.90. The molecule has 0 unspecified atom stereocenters. The number of hydrogen-bond acceptors (Lipinski definition) is 4. The molecule has 0 spiro atoms. The average Bonchev–Trinajstić information content (AvgIpc) is 2.78. The predicted octanol–water partition coefficient (Wildman–Crippen LogP) is 5.74. The second-order valence-corrected chi connectivity index (χ2v) is 7.21. The molecule has 0 fully saturated rings. The third-order valence-corrected chi connectivity index (χ3v) is 5.04. The smallest absolute Gasteiger partial charge is 0.162 e. The molecule has 0 aliphatic rings. The Labute approximate surface area is 171 Å². The highest BCUT2D eigenvalue weighted by Crippen LogP contribution is 2.27. The Morgan fingerprint density at radius 3 is 2.34 bits per heavy atom. The van der Waals surface area contributed by atoms with Gasteiger partial charge in [-0.15, -0.1) is 0 Å². The van der Waals surface area contributed by atoms with Gasteiger partial charge in [0.15, 0.2) is 5.82 Å². The molecule has 146 valence electrons. The molecule has 1 aromatic heterocycles. The molecule has 0 bridgehead atoms. The number of methoxy groups -OCH3 is 1. The summed E-state index contributed by atoms with van der Waals surface area (Å²) in [4.78, 5) is 9.63. The maximum absolute atomic E-state index is 5.26. The molecule has 4 rings (SSSR count). The quantitative estimate of drug-likeness (QED) is 0.442. The van der Waals surface area contributed by atoms with Crippen LogP contribution in [0.3, 0.4) is 0 Å². The Bertz CT molecular complexity index is 1080. The largest absolute Gasteiger partial charge is 0.497 e. The Hall–Kier alpha value is -3.40. The zero-order valence-corrected chi connectivity index (χ0v) is 16.8. The lowest BCUT2D eigenvalue weighted by atomic mass is 10.1. The van der Waals surface area contributed by atoms with Gasteiger partial charge >= 0.3 is 0 Å². The van der Waals surface area contributed by atoms with Crippen molar-refractivity contribution in [3.63, 3.8) is 0 Å². The SMILES string of the molecule is COc1ccc(-c2nc(N[C@H](C)CCc3ccccc3)c3ccccc3n2)cc1. The van der Waals surface area contributed by atoms with Crippen molar-refractivity contribution in [1.29, 1.82) is 0 Å². The van der Waals surface area contributed by atoms with E-state index in [1.54, 1.807) is 7.11 Å². The standard InChI is InChI=1S/C25H25N3O/c1-18(12-13-19-8-4-3-5-9-19)26-25-22-10-6-7-11-23(22)27-24(28-25)20-14-16-21(29-2)17-15-20/h3-11,14-18H,12-13H2,1-2H3,(H,26,27,28)/t18-/m1/s1. The Kier molecular flexibility index (Phi) is 5.71. The van der Waals surface area contributed by atoms with Crippen LogP contribution in [0.2, 0.25) is 0 Å². The first-order valence-corrected chi connectivity index (χ1v) is 9.94. The van der Waals surface area contributed by atoms with Gasteiger partial charge in [-0.3, -0.25) is 0 Å². The first-order chi connectivity index (χ1) is 14.2. The zero-order chi connectivity index (χ0) is 20.1.